The Morgan fingerprint density at radius 1 is 1.23 bits per heavy atom. The lowest BCUT2D eigenvalue weighted by molar-refractivity contribution is 0.0692. The summed E-state index contributed by atoms with van der Waals surface area (Å²) in [7, 11) is 1.88. The zero-order chi connectivity index (χ0) is 18.4. The van der Waals surface area contributed by atoms with E-state index in [4.69, 9.17) is 4.98 Å². The van der Waals surface area contributed by atoms with Gasteiger partial charge in [-0.25, -0.2) is 4.98 Å². The highest BCUT2D eigenvalue weighted by Crippen LogP contribution is 2.33. The van der Waals surface area contributed by atoms with Gasteiger partial charge < -0.3 is 4.90 Å². The number of pyridine rings is 1. The van der Waals surface area contributed by atoms with Crippen molar-refractivity contribution in [3.8, 4) is 11.3 Å². The lowest BCUT2D eigenvalue weighted by Gasteiger charge is -2.27. The molecule has 1 saturated carbocycles. The fourth-order valence-electron chi connectivity index (χ4n) is 3.68. The Kier molecular flexibility index (Phi) is 4.02. The lowest BCUT2D eigenvalue weighted by atomic mass is 10.0. The maximum Gasteiger partial charge on any atom is 0.255 e. The molecule has 0 spiro atoms. The number of fused-ring (bicyclic) bond motifs is 1. The Morgan fingerprint density at radius 3 is 2.54 bits per heavy atom. The lowest BCUT2D eigenvalue weighted by Crippen LogP contribution is -2.39. The van der Waals surface area contributed by atoms with Crippen LogP contribution in [0.1, 0.15) is 42.7 Å². The fourth-order valence-corrected chi connectivity index (χ4v) is 3.68. The molecule has 5 nitrogen and oxygen atoms in total. The van der Waals surface area contributed by atoms with Crippen LogP contribution in [0.15, 0.2) is 36.4 Å². The van der Waals surface area contributed by atoms with Crippen molar-refractivity contribution in [1.82, 2.24) is 19.7 Å². The van der Waals surface area contributed by atoms with Crippen LogP contribution < -0.4 is 0 Å². The summed E-state index contributed by atoms with van der Waals surface area (Å²) in [5.41, 5.74) is 4.12. The molecule has 0 bridgehead atoms. The first-order chi connectivity index (χ1) is 12.5. The summed E-state index contributed by atoms with van der Waals surface area (Å²) < 4.78 is 1.77. The molecule has 0 unspecified atom stereocenters. The van der Waals surface area contributed by atoms with Crippen molar-refractivity contribution >= 4 is 16.9 Å². The molecule has 0 radical (unpaired) electrons. The molecule has 26 heavy (non-hydrogen) atoms. The van der Waals surface area contributed by atoms with Gasteiger partial charge in [0.05, 0.1) is 22.3 Å². The number of hydrogen-bond acceptors (Lipinski definition) is 3. The molecule has 1 aliphatic rings. The molecular weight excluding hydrogens is 324 g/mol. The molecule has 1 fully saturated rings. The van der Waals surface area contributed by atoms with Crippen LogP contribution in [0.2, 0.25) is 0 Å². The van der Waals surface area contributed by atoms with E-state index in [1.54, 1.807) is 4.68 Å². The Bertz CT molecular complexity index is 969. The number of carbonyl (C=O) groups is 1. The van der Waals surface area contributed by atoms with E-state index in [-0.39, 0.29) is 11.9 Å². The number of nitrogens with zero attached hydrogens (tertiary/aromatic N) is 4. The first-order valence-corrected chi connectivity index (χ1v) is 9.20. The van der Waals surface area contributed by atoms with Gasteiger partial charge in [0, 0.05) is 24.7 Å². The fraction of sp³-hybridized carbons (Fsp3) is 0.381. The third-order valence-corrected chi connectivity index (χ3v) is 5.00. The topological polar surface area (TPSA) is 51.0 Å². The number of amides is 1. The molecule has 2 heterocycles. The second-order valence-electron chi connectivity index (χ2n) is 7.37. The maximum atomic E-state index is 13.5. The van der Waals surface area contributed by atoms with E-state index in [9.17, 15) is 4.79 Å². The highest BCUT2D eigenvalue weighted by molar-refractivity contribution is 6.07. The molecule has 3 aromatic rings. The van der Waals surface area contributed by atoms with Crippen molar-refractivity contribution in [2.24, 2.45) is 7.05 Å². The number of benzene rings is 1. The molecule has 4 rings (SSSR count). The molecule has 0 aliphatic heterocycles. The minimum absolute atomic E-state index is 0.0863. The Morgan fingerprint density at radius 2 is 1.92 bits per heavy atom. The summed E-state index contributed by atoms with van der Waals surface area (Å²) in [5, 5.41) is 5.38. The Balaban J connectivity index is 1.93. The minimum atomic E-state index is 0.0863. The van der Waals surface area contributed by atoms with E-state index in [2.05, 4.69) is 18.9 Å². The summed E-state index contributed by atoms with van der Waals surface area (Å²) in [6.07, 6.45) is 2.19. The van der Waals surface area contributed by atoms with E-state index >= 15 is 0 Å². The van der Waals surface area contributed by atoms with Gasteiger partial charge in [0.2, 0.25) is 0 Å². The van der Waals surface area contributed by atoms with Crippen LogP contribution in [0.4, 0.5) is 0 Å². The van der Waals surface area contributed by atoms with E-state index in [1.807, 2.05) is 55.3 Å². The van der Waals surface area contributed by atoms with Gasteiger partial charge in [0.15, 0.2) is 5.65 Å². The first kappa shape index (κ1) is 16.8. The van der Waals surface area contributed by atoms with Gasteiger partial charge in [-0.15, -0.1) is 0 Å². The van der Waals surface area contributed by atoms with E-state index < -0.39 is 0 Å². The molecule has 1 amide bonds. The summed E-state index contributed by atoms with van der Waals surface area (Å²) in [4.78, 5) is 20.3. The molecule has 0 N–H and O–H groups in total. The van der Waals surface area contributed by atoms with Gasteiger partial charge in [0.25, 0.3) is 5.91 Å². The van der Waals surface area contributed by atoms with Gasteiger partial charge >= 0.3 is 0 Å². The molecule has 2 aromatic heterocycles. The quantitative estimate of drug-likeness (QED) is 0.717. The smallest absolute Gasteiger partial charge is 0.255 e. The molecule has 5 heteroatoms. The van der Waals surface area contributed by atoms with Crippen molar-refractivity contribution in [2.45, 2.75) is 45.7 Å². The van der Waals surface area contributed by atoms with Gasteiger partial charge in [-0.1, -0.05) is 30.3 Å². The standard InChI is InChI=1S/C21H24N4O/c1-13(2)25(16-10-11-16)21(26)17-12-18(15-8-6-5-7-9-15)22-20-19(17)14(3)23-24(20)4/h5-9,12-13,16H,10-11H2,1-4H3. The van der Waals surface area contributed by atoms with Crippen molar-refractivity contribution < 1.29 is 4.79 Å². The molecule has 134 valence electrons. The van der Waals surface area contributed by atoms with Gasteiger partial charge in [-0.05, 0) is 39.7 Å². The Hall–Kier alpha value is -2.69. The zero-order valence-corrected chi connectivity index (χ0v) is 15.7. The first-order valence-electron chi connectivity index (χ1n) is 9.20. The number of carbonyl (C=O) groups excluding carboxylic acids is 1. The van der Waals surface area contributed by atoms with E-state index in [0.717, 1.165) is 40.8 Å². The van der Waals surface area contributed by atoms with Gasteiger partial charge in [0.1, 0.15) is 0 Å². The van der Waals surface area contributed by atoms with Gasteiger partial charge in [-0.2, -0.15) is 5.10 Å². The average molecular weight is 348 g/mol. The normalized spacial score (nSPS) is 14.2. The van der Waals surface area contributed by atoms with Crippen molar-refractivity contribution in [1.29, 1.82) is 0 Å². The van der Waals surface area contributed by atoms with Crippen molar-refractivity contribution in [3.05, 3.63) is 47.7 Å². The molecule has 1 aromatic carbocycles. The summed E-state index contributed by atoms with van der Waals surface area (Å²) in [6, 6.07) is 12.5. The van der Waals surface area contributed by atoms with Crippen LogP contribution in [-0.4, -0.2) is 37.7 Å². The second-order valence-corrected chi connectivity index (χ2v) is 7.37. The second kappa shape index (κ2) is 6.24. The molecule has 0 atom stereocenters. The van der Waals surface area contributed by atoms with E-state index in [0.29, 0.717) is 11.6 Å². The average Bonchev–Trinajstić information content (AvgIpc) is 3.41. The number of hydrogen-bond donors (Lipinski definition) is 0. The van der Waals surface area contributed by atoms with Crippen LogP contribution in [0.25, 0.3) is 22.3 Å². The monoisotopic (exact) mass is 348 g/mol. The van der Waals surface area contributed by atoms with Crippen LogP contribution in [0.5, 0.6) is 0 Å². The minimum Gasteiger partial charge on any atom is -0.333 e. The summed E-state index contributed by atoms with van der Waals surface area (Å²) in [5.74, 6) is 0.0863. The predicted molar refractivity (Wildman–Crippen MR) is 103 cm³/mol. The summed E-state index contributed by atoms with van der Waals surface area (Å²) >= 11 is 0. The van der Waals surface area contributed by atoms with Crippen molar-refractivity contribution in [2.75, 3.05) is 0 Å². The third kappa shape index (κ3) is 2.77. The molecule has 1 aliphatic carbocycles. The largest absolute Gasteiger partial charge is 0.333 e. The van der Waals surface area contributed by atoms with Crippen LogP contribution >= 0.6 is 0 Å². The maximum absolute atomic E-state index is 13.5. The highest BCUT2D eigenvalue weighted by Gasteiger charge is 2.36. The number of rotatable bonds is 4. The molecule has 0 saturated heterocycles. The predicted octanol–water partition coefficient (Wildman–Crippen LogP) is 3.96. The van der Waals surface area contributed by atoms with Crippen molar-refractivity contribution in [3.63, 3.8) is 0 Å². The third-order valence-electron chi connectivity index (χ3n) is 5.00. The zero-order valence-electron chi connectivity index (χ0n) is 15.7. The van der Waals surface area contributed by atoms with Gasteiger partial charge in [-0.3, -0.25) is 9.48 Å². The van der Waals surface area contributed by atoms with E-state index in [1.165, 1.54) is 0 Å². The van der Waals surface area contributed by atoms with Crippen LogP contribution in [0, 0.1) is 6.92 Å². The highest BCUT2D eigenvalue weighted by atomic mass is 16.2. The SMILES string of the molecule is Cc1nn(C)c2nc(-c3ccccc3)cc(C(=O)N(C(C)C)C3CC3)c12. The number of aryl methyl sites for hydroxylation is 2. The Labute approximate surface area is 153 Å². The van der Waals surface area contributed by atoms with Crippen LogP contribution in [0.3, 0.4) is 0 Å². The van der Waals surface area contributed by atoms with Crippen LogP contribution in [-0.2, 0) is 7.05 Å². The summed E-state index contributed by atoms with van der Waals surface area (Å²) in [6.45, 7) is 6.12. The number of aromatic nitrogens is 3. The molecular formula is C21H24N4O.